The molecule has 1 saturated carbocycles. The monoisotopic (exact) mass is 318 g/mol. The molecule has 1 N–H and O–H groups in total. The van der Waals surface area contributed by atoms with Gasteiger partial charge in [-0.3, -0.25) is 4.79 Å². The van der Waals surface area contributed by atoms with E-state index in [-0.39, 0.29) is 17.9 Å². The molecular weight excluding hydrogens is 292 g/mol. The van der Waals surface area contributed by atoms with E-state index in [4.69, 9.17) is 4.74 Å². The molecule has 2 aliphatic rings. The number of hydrogen-bond acceptors (Lipinski definition) is 6. The minimum absolute atomic E-state index is 0.0155. The van der Waals surface area contributed by atoms with Crippen molar-refractivity contribution in [1.29, 1.82) is 0 Å². The predicted octanol–water partition coefficient (Wildman–Crippen LogP) is 2.47. The average molecular weight is 318 g/mol. The van der Waals surface area contributed by atoms with Gasteiger partial charge in [0.15, 0.2) is 0 Å². The van der Waals surface area contributed by atoms with Gasteiger partial charge in [-0.25, -0.2) is 9.97 Å². The SMILES string of the molecule is COC(=O)[C@H]1CC[C@@H](Nc2cc(N3CCCC(C)C3)ncn2)C1. The number of nitrogens with zero attached hydrogens (tertiary/aromatic N) is 3. The highest BCUT2D eigenvalue weighted by Gasteiger charge is 2.30. The van der Waals surface area contributed by atoms with E-state index in [0.29, 0.717) is 5.92 Å². The van der Waals surface area contributed by atoms with Crippen molar-refractivity contribution >= 4 is 17.6 Å². The highest BCUT2D eigenvalue weighted by molar-refractivity contribution is 5.72. The molecule has 1 saturated heterocycles. The van der Waals surface area contributed by atoms with Crippen molar-refractivity contribution in [3.8, 4) is 0 Å². The second-order valence-electron chi connectivity index (χ2n) is 6.83. The number of aromatic nitrogens is 2. The molecule has 2 fully saturated rings. The van der Waals surface area contributed by atoms with Gasteiger partial charge in [0, 0.05) is 25.2 Å². The minimum atomic E-state index is -0.0972. The summed E-state index contributed by atoms with van der Waals surface area (Å²) < 4.78 is 4.84. The first-order valence-electron chi connectivity index (χ1n) is 8.57. The van der Waals surface area contributed by atoms with Crippen LogP contribution in [0, 0.1) is 11.8 Å². The van der Waals surface area contributed by atoms with E-state index >= 15 is 0 Å². The Balaban J connectivity index is 1.61. The number of anilines is 2. The lowest BCUT2D eigenvalue weighted by Gasteiger charge is -2.32. The number of nitrogens with one attached hydrogen (secondary N) is 1. The summed E-state index contributed by atoms with van der Waals surface area (Å²) in [5, 5.41) is 3.45. The zero-order chi connectivity index (χ0) is 16.2. The second-order valence-corrected chi connectivity index (χ2v) is 6.83. The molecule has 0 amide bonds. The first-order chi connectivity index (χ1) is 11.2. The van der Waals surface area contributed by atoms with Crippen LogP contribution in [0.4, 0.5) is 11.6 Å². The average Bonchev–Trinajstić information content (AvgIpc) is 3.03. The molecule has 2 heterocycles. The third kappa shape index (κ3) is 3.92. The van der Waals surface area contributed by atoms with E-state index in [1.807, 2.05) is 6.07 Å². The molecule has 1 aliphatic carbocycles. The topological polar surface area (TPSA) is 67.3 Å². The standard InChI is InChI=1S/C17H26N4O2/c1-12-4-3-7-21(10-12)16-9-15(18-11-19-16)20-14-6-5-13(8-14)17(22)23-2/h9,11-14H,3-8,10H2,1-2H3,(H,18,19,20)/t12?,13-,14+/m0/s1. The van der Waals surface area contributed by atoms with Crippen LogP contribution < -0.4 is 10.2 Å². The number of rotatable bonds is 4. The third-order valence-corrected chi connectivity index (χ3v) is 4.95. The molecule has 1 aromatic rings. The number of hydrogen-bond donors (Lipinski definition) is 1. The van der Waals surface area contributed by atoms with Gasteiger partial charge in [0.1, 0.15) is 18.0 Å². The van der Waals surface area contributed by atoms with Crippen LogP contribution in [0.15, 0.2) is 12.4 Å². The molecule has 1 unspecified atom stereocenters. The van der Waals surface area contributed by atoms with Crippen LogP contribution >= 0.6 is 0 Å². The highest BCUT2D eigenvalue weighted by Crippen LogP contribution is 2.29. The molecule has 1 aromatic heterocycles. The molecule has 3 atom stereocenters. The lowest BCUT2D eigenvalue weighted by atomic mass is 10.0. The van der Waals surface area contributed by atoms with Crippen molar-refractivity contribution in [2.75, 3.05) is 30.4 Å². The van der Waals surface area contributed by atoms with E-state index < -0.39 is 0 Å². The Bertz CT molecular complexity index is 551. The number of piperidine rings is 1. The molecule has 0 radical (unpaired) electrons. The maximum atomic E-state index is 11.6. The molecular formula is C17H26N4O2. The van der Waals surface area contributed by atoms with Gasteiger partial charge >= 0.3 is 5.97 Å². The number of carbonyl (C=O) groups excluding carboxylic acids is 1. The van der Waals surface area contributed by atoms with Crippen molar-refractivity contribution in [3.05, 3.63) is 12.4 Å². The fourth-order valence-electron chi connectivity index (χ4n) is 3.70. The first kappa shape index (κ1) is 16.0. The molecule has 3 rings (SSSR count). The van der Waals surface area contributed by atoms with Crippen molar-refractivity contribution < 1.29 is 9.53 Å². The minimum Gasteiger partial charge on any atom is -0.469 e. The molecule has 0 spiro atoms. The van der Waals surface area contributed by atoms with Crippen molar-refractivity contribution in [2.45, 2.75) is 45.1 Å². The smallest absolute Gasteiger partial charge is 0.308 e. The molecule has 0 bridgehead atoms. The quantitative estimate of drug-likeness (QED) is 0.860. The lowest BCUT2D eigenvalue weighted by molar-refractivity contribution is -0.145. The zero-order valence-corrected chi connectivity index (χ0v) is 14.0. The van der Waals surface area contributed by atoms with Crippen LogP contribution in [0.25, 0.3) is 0 Å². The van der Waals surface area contributed by atoms with Gasteiger partial charge in [-0.05, 0) is 38.0 Å². The highest BCUT2D eigenvalue weighted by atomic mass is 16.5. The molecule has 1 aliphatic heterocycles. The van der Waals surface area contributed by atoms with E-state index in [1.54, 1.807) is 6.33 Å². The third-order valence-electron chi connectivity index (χ3n) is 4.95. The number of methoxy groups -OCH3 is 1. The van der Waals surface area contributed by atoms with Gasteiger partial charge in [-0.1, -0.05) is 6.92 Å². The van der Waals surface area contributed by atoms with Gasteiger partial charge in [-0.15, -0.1) is 0 Å². The van der Waals surface area contributed by atoms with Gasteiger partial charge in [0.05, 0.1) is 13.0 Å². The van der Waals surface area contributed by atoms with Gasteiger partial charge in [-0.2, -0.15) is 0 Å². The number of carbonyl (C=O) groups is 1. The van der Waals surface area contributed by atoms with Crippen LogP contribution in [-0.2, 0) is 9.53 Å². The maximum absolute atomic E-state index is 11.6. The number of esters is 1. The molecule has 0 aromatic carbocycles. The van der Waals surface area contributed by atoms with E-state index in [2.05, 4.69) is 27.1 Å². The Hall–Kier alpha value is -1.85. The summed E-state index contributed by atoms with van der Waals surface area (Å²) in [6.07, 6.45) is 6.81. The fourth-order valence-corrected chi connectivity index (χ4v) is 3.70. The normalized spacial score (nSPS) is 27.7. The summed E-state index contributed by atoms with van der Waals surface area (Å²) >= 11 is 0. The largest absolute Gasteiger partial charge is 0.469 e. The second kappa shape index (κ2) is 7.15. The van der Waals surface area contributed by atoms with Gasteiger partial charge in [0.25, 0.3) is 0 Å². The molecule has 6 nitrogen and oxygen atoms in total. The Kier molecular flexibility index (Phi) is 4.98. The van der Waals surface area contributed by atoms with E-state index in [0.717, 1.165) is 44.0 Å². The Morgan fingerprint density at radius 2 is 2.22 bits per heavy atom. The Morgan fingerprint density at radius 3 is 3.00 bits per heavy atom. The lowest BCUT2D eigenvalue weighted by Crippen LogP contribution is -2.34. The first-order valence-corrected chi connectivity index (χ1v) is 8.57. The van der Waals surface area contributed by atoms with Crippen LogP contribution in [0.1, 0.15) is 39.0 Å². The van der Waals surface area contributed by atoms with Crippen LogP contribution in [0.2, 0.25) is 0 Å². The van der Waals surface area contributed by atoms with E-state index in [9.17, 15) is 4.79 Å². The summed E-state index contributed by atoms with van der Waals surface area (Å²) in [6, 6.07) is 2.31. The Morgan fingerprint density at radius 1 is 1.35 bits per heavy atom. The summed E-state index contributed by atoms with van der Waals surface area (Å²) in [6.45, 7) is 4.41. The van der Waals surface area contributed by atoms with Crippen molar-refractivity contribution in [2.24, 2.45) is 11.8 Å². The number of ether oxygens (including phenoxy) is 1. The van der Waals surface area contributed by atoms with Crippen LogP contribution in [0.3, 0.4) is 0 Å². The van der Waals surface area contributed by atoms with E-state index in [1.165, 1.54) is 20.0 Å². The fraction of sp³-hybridized carbons (Fsp3) is 0.706. The van der Waals surface area contributed by atoms with Gasteiger partial charge in [0.2, 0.25) is 0 Å². The van der Waals surface area contributed by atoms with Crippen molar-refractivity contribution in [1.82, 2.24) is 9.97 Å². The molecule has 23 heavy (non-hydrogen) atoms. The van der Waals surface area contributed by atoms with Crippen LogP contribution in [-0.4, -0.2) is 42.2 Å². The molecule has 6 heteroatoms. The summed E-state index contributed by atoms with van der Waals surface area (Å²) in [5.74, 6) is 2.48. The zero-order valence-electron chi connectivity index (χ0n) is 14.0. The van der Waals surface area contributed by atoms with Crippen LogP contribution in [0.5, 0.6) is 0 Å². The van der Waals surface area contributed by atoms with Gasteiger partial charge < -0.3 is 15.0 Å². The molecule has 126 valence electrons. The predicted molar refractivity (Wildman–Crippen MR) is 89.4 cm³/mol. The van der Waals surface area contributed by atoms with Crippen molar-refractivity contribution in [3.63, 3.8) is 0 Å². The Labute approximate surface area is 137 Å². The summed E-state index contributed by atoms with van der Waals surface area (Å²) in [4.78, 5) is 22.7. The summed E-state index contributed by atoms with van der Waals surface area (Å²) in [5.41, 5.74) is 0. The summed E-state index contributed by atoms with van der Waals surface area (Å²) in [7, 11) is 1.46. The maximum Gasteiger partial charge on any atom is 0.308 e.